The van der Waals surface area contributed by atoms with Crippen molar-refractivity contribution in [3.8, 4) is 0 Å². The van der Waals surface area contributed by atoms with Crippen LogP contribution in [-0.2, 0) is 12.7 Å². The smallest absolute Gasteiger partial charge is 0.382 e. The standard InChI is InChI=1S/C23H20F3N5O/c1-13-8-20-21(27)29-18-7-2-14(9-19(18)31(20)11-13)22(32)30(17-5-6-17)12-16-4-3-15(10-28-16)23(24,25)26/h2-4,7-11,17H,5-6,12H2,1H3,(H2,27,29). The molecule has 1 aromatic carbocycles. The summed E-state index contributed by atoms with van der Waals surface area (Å²) in [6.45, 7) is 2.11. The second kappa shape index (κ2) is 7.22. The molecule has 0 radical (unpaired) electrons. The Morgan fingerprint density at radius 3 is 2.62 bits per heavy atom. The van der Waals surface area contributed by atoms with Crippen LogP contribution in [0.2, 0.25) is 0 Å². The summed E-state index contributed by atoms with van der Waals surface area (Å²) in [6, 6.07) is 9.56. The van der Waals surface area contributed by atoms with Gasteiger partial charge in [0.2, 0.25) is 0 Å². The molecule has 0 bridgehead atoms. The second-order valence-corrected chi connectivity index (χ2v) is 8.17. The molecule has 1 aliphatic carbocycles. The van der Waals surface area contributed by atoms with E-state index in [-0.39, 0.29) is 18.5 Å². The summed E-state index contributed by atoms with van der Waals surface area (Å²) < 4.78 is 40.4. The van der Waals surface area contributed by atoms with E-state index in [2.05, 4.69) is 9.97 Å². The maximum Gasteiger partial charge on any atom is 0.417 e. The van der Waals surface area contributed by atoms with Crippen LogP contribution in [0.15, 0.2) is 48.8 Å². The summed E-state index contributed by atoms with van der Waals surface area (Å²) in [6.07, 6.45) is 0.0250. The number of benzene rings is 1. The molecule has 0 unspecified atom stereocenters. The number of halogens is 3. The second-order valence-electron chi connectivity index (χ2n) is 8.17. The third kappa shape index (κ3) is 3.63. The number of aromatic nitrogens is 3. The molecule has 0 spiro atoms. The lowest BCUT2D eigenvalue weighted by Gasteiger charge is -2.22. The summed E-state index contributed by atoms with van der Waals surface area (Å²) in [5.74, 6) is 0.225. The van der Waals surface area contributed by atoms with Crippen molar-refractivity contribution in [1.29, 1.82) is 0 Å². The van der Waals surface area contributed by atoms with Gasteiger partial charge in [0.1, 0.15) is 5.82 Å². The Labute approximate surface area is 181 Å². The summed E-state index contributed by atoms with van der Waals surface area (Å²) in [5.41, 5.74) is 9.38. The first kappa shape index (κ1) is 20.3. The summed E-state index contributed by atoms with van der Waals surface area (Å²) in [7, 11) is 0. The number of amides is 1. The number of nitrogen functional groups attached to an aromatic ring is 1. The van der Waals surface area contributed by atoms with Crippen LogP contribution in [0, 0.1) is 6.92 Å². The van der Waals surface area contributed by atoms with E-state index in [1.165, 1.54) is 6.07 Å². The molecular formula is C23H20F3N5O. The minimum atomic E-state index is -4.44. The Morgan fingerprint density at radius 1 is 1.19 bits per heavy atom. The number of nitrogens with two attached hydrogens (primary N) is 1. The van der Waals surface area contributed by atoms with Crippen molar-refractivity contribution in [1.82, 2.24) is 19.3 Å². The molecule has 0 aliphatic heterocycles. The minimum Gasteiger partial charge on any atom is -0.382 e. The normalized spacial score (nSPS) is 14.2. The van der Waals surface area contributed by atoms with Gasteiger partial charge >= 0.3 is 6.18 Å². The molecule has 1 aliphatic rings. The van der Waals surface area contributed by atoms with E-state index in [9.17, 15) is 18.0 Å². The molecule has 1 saturated carbocycles. The van der Waals surface area contributed by atoms with Crippen LogP contribution in [0.4, 0.5) is 19.0 Å². The van der Waals surface area contributed by atoms with Crippen molar-refractivity contribution < 1.29 is 18.0 Å². The molecule has 4 aromatic rings. The van der Waals surface area contributed by atoms with Crippen LogP contribution in [-0.4, -0.2) is 31.2 Å². The van der Waals surface area contributed by atoms with E-state index in [0.717, 1.165) is 41.7 Å². The highest BCUT2D eigenvalue weighted by atomic mass is 19.4. The van der Waals surface area contributed by atoms with Gasteiger partial charge in [-0.1, -0.05) is 0 Å². The van der Waals surface area contributed by atoms with Crippen molar-refractivity contribution in [2.75, 3.05) is 5.73 Å². The highest BCUT2D eigenvalue weighted by Crippen LogP contribution is 2.32. The van der Waals surface area contributed by atoms with Gasteiger partial charge in [0.25, 0.3) is 5.91 Å². The van der Waals surface area contributed by atoms with E-state index >= 15 is 0 Å². The fraction of sp³-hybridized carbons (Fsp3) is 0.261. The van der Waals surface area contributed by atoms with Gasteiger partial charge < -0.3 is 15.0 Å². The SMILES string of the molecule is Cc1cc2c(N)nc3ccc(C(=O)N(Cc4ccc(C(F)(F)F)cn4)C4CC4)cc3n2c1. The molecule has 164 valence electrons. The number of carbonyl (C=O) groups excluding carboxylic acids is 1. The Hall–Kier alpha value is -3.62. The quantitative estimate of drug-likeness (QED) is 0.504. The maximum atomic E-state index is 13.4. The number of hydrogen-bond acceptors (Lipinski definition) is 4. The lowest BCUT2D eigenvalue weighted by Crippen LogP contribution is -2.33. The van der Waals surface area contributed by atoms with Gasteiger partial charge in [-0.2, -0.15) is 13.2 Å². The van der Waals surface area contributed by atoms with Crippen molar-refractivity contribution in [3.05, 3.63) is 71.2 Å². The van der Waals surface area contributed by atoms with E-state index < -0.39 is 11.7 Å². The number of carbonyl (C=O) groups is 1. The molecule has 3 heterocycles. The number of nitrogens with zero attached hydrogens (tertiary/aromatic N) is 4. The molecule has 0 atom stereocenters. The topological polar surface area (TPSA) is 76.5 Å². The van der Waals surface area contributed by atoms with E-state index in [1.807, 2.05) is 23.6 Å². The van der Waals surface area contributed by atoms with Gasteiger partial charge in [-0.3, -0.25) is 9.78 Å². The van der Waals surface area contributed by atoms with E-state index in [1.54, 1.807) is 23.1 Å². The summed E-state index contributed by atoms with van der Waals surface area (Å²) >= 11 is 0. The highest BCUT2D eigenvalue weighted by molar-refractivity contribution is 5.98. The number of aryl methyl sites for hydroxylation is 1. The molecule has 6 nitrogen and oxygen atoms in total. The van der Waals surface area contributed by atoms with Crippen LogP contribution < -0.4 is 5.73 Å². The largest absolute Gasteiger partial charge is 0.417 e. The molecule has 32 heavy (non-hydrogen) atoms. The van der Waals surface area contributed by atoms with Gasteiger partial charge in [-0.25, -0.2) is 4.98 Å². The fourth-order valence-electron chi connectivity index (χ4n) is 3.90. The first-order chi connectivity index (χ1) is 15.2. The van der Waals surface area contributed by atoms with Crippen molar-refractivity contribution in [3.63, 3.8) is 0 Å². The lowest BCUT2D eigenvalue weighted by molar-refractivity contribution is -0.137. The summed E-state index contributed by atoms with van der Waals surface area (Å²) in [4.78, 5) is 23.4. The Kier molecular flexibility index (Phi) is 4.58. The predicted octanol–water partition coefficient (Wildman–Crippen LogP) is 4.60. The van der Waals surface area contributed by atoms with Gasteiger partial charge in [0.05, 0.1) is 34.4 Å². The van der Waals surface area contributed by atoms with Gasteiger partial charge in [0.15, 0.2) is 0 Å². The molecule has 1 amide bonds. The molecule has 1 fully saturated rings. The summed E-state index contributed by atoms with van der Waals surface area (Å²) in [5, 5.41) is 0. The molecule has 3 aromatic heterocycles. The fourth-order valence-corrected chi connectivity index (χ4v) is 3.90. The van der Waals surface area contributed by atoms with Gasteiger partial charge in [0, 0.05) is 24.0 Å². The zero-order valence-electron chi connectivity index (χ0n) is 17.2. The predicted molar refractivity (Wildman–Crippen MR) is 114 cm³/mol. The monoisotopic (exact) mass is 439 g/mol. The molecular weight excluding hydrogens is 419 g/mol. The number of fused-ring (bicyclic) bond motifs is 3. The van der Waals surface area contributed by atoms with Crippen molar-refractivity contribution in [2.45, 2.75) is 38.5 Å². The number of pyridine rings is 1. The average Bonchev–Trinajstić information content (AvgIpc) is 3.51. The van der Waals surface area contributed by atoms with E-state index in [4.69, 9.17) is 5.73 Å². The van der Waals surface area contributed by atoms with Crippen LogP contribution in [0.1, 0.15) is 40.0 Å². The van der Waals surface area contributed by atoms with Crippen molar-refractivity contribution >= 4 is 28.3 Å². The molecule has 2 N–H and O–H groups in total. The van der Waals surface area contributed by atoms with Crippen LogP contribution in [0.3, 0.4) is 0 Å². The number of hydrogen-bond donors (Lipinski definition) is 1. The van der Waals surface area contributed by atoms with Crippen LogP contribution in [0.5, 0.6) is 0 Å². The third-order valence-corrected chi connectivity index (χ3v) is 5.67. The third-order valence-electron chi connectivity index (χ3n) is 5.67. The van der Waals surface area contributed by atoms with Gasteiger partial charge in [-0.05, 0) is 61.7 Å². The highest BCUT2D eigenvalue weighted by Gasteiger charge is 2.34. The first-order valence-electron chi connectivity index (χ1n) is 10.2. The zero-order valence-corrected chi connectivity index (χ0v) is 17.2. The molecule has 0 saturated heterocycles. The maximum absolute atomic E-state index is 13.4. The number of rotatable bonds is 4. The Morgan fingerprint density at radius 2 is 1.97 bits per heavy atom. The van der Waals surface area contributed by atoms with E-state index in [0.29, 0.717) is 22.6 Å². The Bertz CT molecular complexity index is 1340. The molecule has 5 rings (SSSR count). The zero-order chi connectivity index (χ0) is 22.6. The minimum absolute atomic E-state index is 0.0562. The van der Waals surface area contributed by atoms with Crippen molar-refractivity contribution in [2.24, 2.45) is 0 Å². The number of anilines is 1. The van der Waals surface area contributed by atoms with Crippen LogP contribution >= 0.6 is 0 Å². The first-order valence-corrected chi connectivity index (χ1v) is 10.2. The molecule has 9 heteroatoms. The number of alkyl halides is 3. The average molecular weight is 439 g/mol. The van der Waals surface area contributed by atoms with Gasteiger partial charge in [-0.15, -0.1) is 0 Å². The van der Waals surface area contributed by atoms with Crippen LogP contribution in [0.25, 0.3) is 16.6 Å². The lowest BCUT2D eigenvalue weighted by atomic mass is 10.1. The Balaban J connectivity index is 1.48.